The van der Waals surface area contributed by atoms with Gasteiger partial charge >= 0.3 is 0 Å². The van der Waals surface area contributed by atoms with Gasteiger partial charge in [-0.2, -0.15) is 0 Å². The molecule has 2 aliphatic rings. The van der Waals surface area contributed by atoms with E-state index in [4.69, 9.17) is 24.4 Å². The molecule has 39 heavy (non-hydrogen) atoms. The molecule has 0 spiro atoms. The second-order valence-electron chi connectivity index (χ2n) is 9.16. The molecule has 2 heterocycles. The number of epoxide rings is 1. The molecule has 1 saturated heterocycles. The standard InChI is InChI=1S/C18H19FO3.C11H13FO3.C2H6/c19-15-7-9-16(21-12-13-4-2-1-3-5-13)14(10-15)6-8-17-18(11-20)22-17;12-8-2-4-10-7(5-8)1-3-11(15-10)9(14)6-13;1-2/h1-5,7,9-10,17-18,20H,6,8,11-12H2;2,4-5,9,11,13-14H,1,3,6H2;1-2H3. The molecule has 0 saturated carbocycles. The molecule has 3 aromatic carbocycles. The van der Waals surface area contributed by atoms with Gasteiger partial charge in [-0.1, -0.05) is 44.2 Å². The molecule has 0 aliphatic carbocycles. The summed E-state index contributed by atoms with van der Waals surface area (Å²) in [7, 11) is 0. The van der Waals surface area contributed by atoms with Gasteiger partial charge in [0.15, 0.2) is 0 Å². The lowest BCUT2D eigenvalue weighted by atomic mass is 9.99. The van der Waals surface area contributed by atoms with Gasteiger partial charge in [0, 0.05) is 0 Å². The van der Waals surface area contributed by atoms with Crippen molar-refractivity contribution in [2.24, 2.45) is 0 Å². The van der Waals surface area contributed by atoms with E-state index in [2.05, 4.69) is 0 Å². The van der Waals surface area contributed by atoms with Crippen molar-refractivity contribution in [3.8, 4) is 11.5 Å². The van der Waals surface area contributed by atoms with Crippen LogP contribution in [0.2, 0.25) is 0 Å². The van der Waals surface area contributed by atoms with Crippen LogP contribution >= 0.6 is 0 Å². The largest absolute Gasteiger partial charge is 0.489 e. The van der Waals surface area contributed by atoms with E-state index < -0.39 is 12.2 Å². The van der Waals surface area contributed by atoms with Gasteiger partial charge in [0.1, 0.15) is 48.1 Å². The van der Waals surface area contributed by atoms with Crippen LogP contribution in [0.25, 0.3) is 0 Å². The molecule has 6 nitrogen and oxygen atoms in total. The summed E-state index contributed by atoms with van der Waals surface area (Å²) in [6.07, 6.45) is 1.44. The summed E-state index contributed by atoms with van der Waals surface area (Å²) < 4.78 is 42.9. The SMILES string of the molecule is CC.OCC(O)C1CCc2cc(F)ccc2O1.OCC1OC1CCc1cc(F)ccc1OCc1ccccc1. The number of fused-ring (bicyclic) bond motifs is 1. The van der Waals surface area contributed by atoms with Crippen LogP contribution in [0, 0.1) is 11.6 Å². The number of hydrogen-bond donors (Lipinski definition) is 3. The maximum Gasteiger partial charge on any atom is 0.127 e. The van der Waals surface area contributed by atoms with E-state index >= 15 is 0 Å². The zero-order valence-electron chi connectivity index (χ0n) is 22.4. The number of hydrogen-bond acceptors (Lipinski definition) is 6. The van der Waals surface area contributed by atoms with Crippen molar-refractivity contribution < 1.29 is 38.3 Å². The van der Waals surface area contributed by atoms with Crippen LogP contribution in [0.15, 0.2) is 66.7 Å². The Morgan fingerprint density at radius 3 is 2.36 bits per heavy atom. The summed E-state index contributed by atoms with van der Waals surface area (Å²) >= 11 is 0. The highest BCUT2D eigenvalue weighted by atomic mass is 19.1. The Bertz CT molecular complexity index is 1140. The minimum Gasteiger partial charge on any atom is -0.489 e. The predicted octanol–water partition coefficient (Wildman–Crippen LogP) is 5.00. The number of aliphatic hydroxyl groups excluding tert-OH is 3. The van der Waals surface area contributed by atoms with Crippen molar-refractivity contribution >= 4 is 0 Å². The van der Waals surface area contributed by atoms with E-state index in [1.165, 1.54) is 24.3 Å². The van der Waals surface area contributed by atoms with Crippen LogP contribution in [-0.4, -0.2) is 52.9 Å². The van der Waals surface area contributed by atoms with Gasteiger partial charge in [0.05, 0.1) is 19.3 Å². The van der Waals surface area contributed by atoms with Gasteiger partial charge in [-0.15, -0.1) is 0 Å². The molecule has 8 heteroatoms. The van der Waals surface area contributed by atoms with Gasteiger partial charge in [0.25, 0.3) is 0 Å². The fraction of sp³-hybridized carbons (Fsp3) is 0.419. The molecule has 212 valence electrons. The molecule has 3 aromatic rings. The maximum atomic E-state index is 13.5. The van der Waals surface area contributed by atoms with Crippen molar-refractivity contribution in [1.29, 1.82) is 0 Å². The first kappa shape index (κ1) is 30.5. The van der Waals surface area contributed by atoms with E-state index in [-0.39, 0.29) is 37.1 Å². The fourth-order valence-electron chi connectivity index (χ4n) is 4.28. The quantitative estimate of drug-likeness (QED) is 0.329. The van der Waals surface area contributed by atoms with E-state index in [0.717, 1.165) is 23.1 Å². The molecule has 4 atom stereocenters. The Kier molecular flexibility index (Phi) is 12.1. The first-order valence-corrected chi connectivity index (χ1v) is 13.4. The third-order valence-electron chi connectivity index (χ3n) is 6.44. The zero-order chi connectivity index (χ0) is 28.2. The Balaban J connectivity index is 0.000000216. The topological polar surface area (TPSA) is 91.7 Å². The highest BCUT2D eigenvalue weighted by molar-refractivity contribution is 5.36. The van der Waals surface area contributed by atoms with E-state index in [9.17, 15) is 13.9 Å². The number of ether oxygens (including phenoxy) is 3. The first-order valence-electron chi connectivity index (χ1n) is 13.4. The van der Waals surface area contributed by atoms with Crippen LogP contribution in [-0.2, 0) is 24.2 Å². The normalized spacial score (nSPS) is 19.7. The molecular formula is C31H38F2O6. The molecule has 4 unspecified atom stereocenters. The van der Waals surface area contributed by atoms with Gasteiger partial charge in [-0.05, 0) is 78.8 Å². The molecule has 3 N–H and O–H groups in total. The second kappa shape index (κ2) is 15.5. The average molecular weight is 545 g/mol. The summed E-state index contributed by atoms with van der Waals surface area (Å²) in [5, 5.41) is 27.2. The number of aryl methyl sites for hydroxylation is 2. The molecule has 0 radical (unpaired) electrons. The third kappa shape index (κ3) is 9.28. The smallest absolute Gasteiger partial charge is 0.127 e. The van der Waals surface area contributed by atoms with Crippen LogP contribution in [0.1, 0.15) is 43.4 Å². The lowest BCUT2D eigenvalue weighted by Crippen LogP contribution is -2.37. The zero-order valence-corrected chi connectivity index (χ0v) is 22.4. The molecule has 0 amide bonds. The molecule has 2 aliphatic heterocycles. The second-order valence-corrected chi connectivity index (χ2v) is 9.16. The van der Waals surface area contributed by atoms with Crippen molar-refractivity contribution in [1.82, 2.24) is 0 Å². The van der Waals surface area contributed by atoms with Crippen LogP contribution in [0.5, 0.6) is 11.5 Å². The summed E-state index contributed by atoms with van der Waals surface area (Å²) in [5.74, 6) is 0.752. The van der Waals surface area contributed by atoms with Gasteiger partial charge < -0.3 is 29.5 Å². The van der Waals surface area contributed by atoms with Crippen molar-refractivity contribution in [3.05, 3.63) is 95.1 Å². The maximum absolute atomic E-state index is 13.5. The molecule has 1 fully saturated rings. The highest BCUT2D eigenvalue weighted by Gasteiger charge is 2.37. The Labute approximate surface area is 228 Å². The average Bonchev–Trinajstić information content (AvgIpc) is 3.75. The van der Waals surface area contributed by atoms with E-state index in [0.29, 0.717) is 37.4 Å². The first-order chi connectivity index (χ1) is 19.0. The summed E-state index contributed by atoms with van der Waals surface area (Å²) in [6.45, 7) is 4.19. The number of benzene rings is 3. The third-order valence-corrected chi connectivity index (χ3v) is 6.44. The summed E-state index contributed by atoms with van der Waals surface area (Å²) in [6, 6.07) is 18.8. The lowest BCUT2D eigenvalue weighted by Gasteiger charge is -2.28. The monoisotopic (exact) mass is 544 g/mol. The van der Waals surface area contributed by atoms with Crippen LogP contribution in [0.3, 0.4) is 0 Å². The summed E-state index contributed by atoms with van der Waals surface area (Å²) in [4.78, 5) is 0. The number of rotatable bonds is 9. The summed E-state index contributed by atoms with van der Waals surface area (Å²) in [5.41, 5.74) is 2.73. The molecular weight excluding hydrogens is 506 g/mol. The Morgan fingerprint density at radius 1 is 0.949 bits per heavy atom. The highest BCUT2D eigenvalue weighted by Crippen LogP contribution is 2.30. The molecule has 0 bridgehead atoms. The van der Waals surface area contributed by atoms with Gasteiger partial charge in [-0.25, -0.2) is 8.78 Å². The number of aliphatic hydroxyl groups is 3. The number of halogens is 2. The Morgan fingerprint density at radius 2 is 1.67 bits per heavy atom. The van der Waals surface area contributed by atoms with Crippen LogP contribution < -0.4 is 9.47 Å². The predicted molar refractivity (Wildman–Crippen MR) is 145 cm³/mol. The molecule has 5 rings (SSSR count). The minimum absolute atomic E-state index is 0.0468. The van der Waals surface area contributed by atoms with Crippen molar-refractivity contribution in [2.75, 3.05) is 13.2 Å². The fourth-order valence-corrected chi connectivity index (χ4v) is 4.28. The lowest BCUT2D eigenvalue weighted by molar-refractivity contribution is -0.00965. The molecule has 0 aromatic heterocycles. The van der Waals surface area contributed by atoms with Crippen molar-refractivity contribution in [2.45, 2.75) is 70.6 Å². The van der Waals surface area contributed by atoms with Crippen LogP contribution in [0.4, 0.5) is 8.78 Å². The van der Waals surface area contributed by atoms with E-state index in [1.807, 2.05) is 44.2 Å². The van der Waals surface area contributed by atoms with E-state index in [1.54, 1.807) is 12.1 Å². The Hall–Kier alpha value is -3.04. The van der Waals surface area contributed by atoms with Gasteiger partial charge in [-0.3, -0.25) is 0 Å². The van der Waals surface area contributed by atoms with Crippen molar-refractivity contribution in [3.63, 3.8) is 0 Å². The minimum atomic E-state index is -0.872. The van der Waals surface area contributed by atoms with Gasteiger partial charge in [0.2, 0.25) is 0 Å².